The van der Waals surface area contributed by atoms with E-state index in [2.05, 4.69) is 15.5 Å². The van der Waals surface area contributed by atoms with Crippen molar-refractivity contribution in [2.45, 2.75) is 19.4 Å². The van der Waals surface area contributed by atoms with Crippen molar-refractivity contribution >= 4 is 48.2 Å². The highest BCUT2D eigenvalue weighted by molar-refractivity contribution is 7.99. The highest BCUT2D eigenvalue weighted by atomic mass is 35.5. The number of carbonyl (C=O) groups excluding carboxylic acids is 1. The van der Waals surface area contributed by atoms with Crippen LogP contribution in [0.4, 0.5) is 5.69 Å². The number of nitrogens with one attached hydrogen (secondary N) is 2. The number of amides is 1. The molecule has 8 heteroatoms. The first kappa shape index (κ1) is 24.3. The summed E-state index contributed by atoms with van der Waals surface area (Å²) in [5, 5.41) is 6.38. The molecule has 1 unspecified atom stereocenters. The van der Waals surface area contributed by atoms with Gasteiger partial charge in [-0.05, 0) is 38.7 Å². The first-order valence-electron chi connectivity index (χ1n) is 8.04. The van der Waals surface area contributed by atoms with Crippen molar-refractivity contribution < 1.29 is 9.53 Å². The molecule has 1 aromatic carbocycles. The smallest absolute Gasteiger partial charge is 0.226 e. The van der Waals surface area contributed by atoms with Gasteiger partial charge in [0.15, 0.2) is 0 Å². The molecule has 2 rings (SSSR count). The van der Waals surface area contributed by atoms with Gasteiger partial charge in [-0.2, -0.15) is 11.8 Å². The van der Waals surface area contributed by atoms with E-state index in [-0.39, 0.29) is 36.8 Å². The lowest BCUT2D eigenvalue weighted by molar-refractivity contribution is -0.116. The molecule has 1 atom stereocenters. The lowest BCUT2D eigenvalue weighted by Crippen LogP contribution is -2.39. The molecular weight excluding hydrogens is 381 g/mol. The Kier molecular flexibility index (Phi) is 12.3. The normalized spacial score (nSPS) is 16.6. The molecule has 1 fully saturated rings. The molecule has 5 nitrogen and oxygen atoms in total. The minimum Gasteiger partial charge on any atom is -0.490 e. The molecule has 0 aromatic heterocycles. The van der Waals surface area contributed by atoms with Gasteiger partial charge in [0.05, 0.1) is 5.69 Å². The molecule has 1 aromatic rings. The van der Waals surface area contributed by atoms with Crippen LogP contribution in [0, 0.1) is 6.92 Å². The summed E-state index contributed by atoms with van der Waals surface area (Å²) in [6.07, 6.45) is 0.498. The summed E-state index contributed by atoms with van der Waals surface area (Å²) in [7, 11) is 4.02. The minimum atomic E-state index is 0. The Balaban J connectivity index is 0.00000288. The number of thioether (sulfide) groups is 1. The summed E-state index contributed by atoms with van der Waals surface area (Å²) in [6, 6.07) is 6.14. The zero-order valence-electron chi connectivity index (χ0n) is 15.0. The predicted molar refractivity (Wildman–Crippen MR) is 112 cm³/mol. The van der Waals surface area contributed by atoms with Crippen molar-refractivity contribution in [2.75, 3.05) is 50.6 Å². The zero-order valence-corrected chi connectivity index (χ0v) is 17.5. The summed E-state index contributed by atoms with van der Waals surface area (Å²) in [5.41, 5.74) is 1.87. The fourth-order valence-electron chi connectivity index (χ4n) is 2.37. The second kappa shape index (κ2) is 12.7. The van der Waals surface area contributed by atoms with Crippen molar-refractivity contribution in [1.29, 1.82) is 0 Å². The third kappa shape index (κ3) is 9.01. The second-order valence-electron chi connectivity index (χ2n) is 6.13. The fourth-order valence-corrected chi connectivity index (χ4v) is 3.32. The summed E-state index contributed by atoms with van der Waals surface area (Å²) in [5.74, 6) is 2.89. The van der Waals surface area contributed by atoms with Gasteiger partial charge in [0.25, 0.3) is 0 Å². The van der Waals surface area contributed by atoms with Crippen molar-refractivity contribution in [1.82, 2.24) is 10.2 Å². The third-order valence-electron chi connectivity index (χ3n) is 3.64. The van der Waals surface area contributed by atoms with Crippen molar-refractivity contribution in [3.8, 4) is 5.75 Å². The van der Waals surface area contributed by atoms with Gasteiger partial charge in [-0.1, -0.05) is 6.07 Å². The highest BCUT2D eigenvalue weighted by Gasteiger charge is 2.17. The SMILES string of the molecule is Cc1ccc(NC(=O)CC2CSCCN2)c(OCCN(C)C)c1.Cl.Cl. The molecule has 1 aliphatic rings. The molecule has 1 heterocycles. The first-order chi connectivity index (χ1) is 11.0. The van der Waals surface area contributed by atoms with E-state index in [0.29, 0.717) is 13.0 Å². The molecule has 1 saturated heterocycles. The number of carbonyl (C=O) groups is 1. The van der Waals surface area contributed by atoms with Crippen LogP contribution >= 0.6 is 36.6 Å². The summed E-state index contributed by atoms with van der Waals surface area (Å²) >= 11 is 1.90. The number of ether oxygens (including phenoxy) is 1. The largest absolute Gasteiger partial charge is 0.490 e. The number of halogens is 2. The number of aryl methyl sites for hydroxylation is 1. The average Bonchev–Trinajstić information content (AvgIpc) is 2.50. The molecule has 144 valence electrons. The van der Waals surface area contributed by atoms with Crippen LogP contribution in [0.25, 0.3) is 0 Å². The van der Waals surface area contributed by atoms with Crippen LogP contribution in [-0.2, 0) is 4.79 Å². The number of anilines is 1. The summed E-state index contributed by atoms with van der Waals surface area (Å²) < 4.78 is 5.84. The molecule has 0 bridgehead atoms. The zero-order chi connectivity index (χ0) is 16.7. The van der Waals surface area contributed by atoms with Crippen LogP contribution in [-0.4, -0.2) is 62.1 Å². The van der Waals surface area contributed by atoms with Gasteiger partial charge < -0.3 is 20.3 Å². The van der Waals surface area contributed by atoms with E-state index in [9.17, 15) is 4.79 Å². The molecule has 0 aliphatic carbocycles. The maximum absolute atomic E-state index is 12.3. The quantitative estimate of drug-likeness (QED) is 0.724. The standard InChI is InChI=1S/C17H27N3O2S.2ClH/c1-13-4-5-15(16(10-13)22-8-7-20(2)3)19-17(21)11-14-12-23-9-6-18-14;;/h4-5,10,14,18H,6-9,11-12H2,1-3H3,(H,19,21);2*1H. The molecule has 0 radical (unpaired) electrons. The van der Waals surface area contributed by atoms with E-state index in [1.807, 2.05) is 51.0 Å². The number of benzene rings is 1. The predicted octanol–water partition coefficient (Wildman–Crippen LogP) is 2.81. The van der Waals surface area contributed by atoms with Crippen LogP contribution in [0.1, 0.15) is 12.0 Å². The van der Waals surface area contributed by atoms with E-state index in [1.54, 1.807) is 0 Å². The molecule has 2 N–H and O–H groups in total. The van der Waals surface area contributed by atoms with Crippen molar-refractivity contribution in [2.24, 2.45) is 0 Å². The van der Waals surface area contributed by atoms with E-state index in [0.717, 1.165) is 41.6 Å². The maximum atomic E-state index is 12.3. The molecule has 0 saturated carbocycles. The van der Waals surface area contributed by atoms with Crippen LogP contribution < -0.4 is 15.4 Å². The van der Waals surface area contributed by atoms with Crippen LogP contribution in [0.3, 0.4) is 0 Å². The van der Waals surface area contributed by atoms with Gasteiger partial charge >= 0.3 is 0 Å². The Morgan fingerprint density at radius 3 is 2.80 bits per heavy atom. The van der Waals surface area contributed by atoms with Gasteiger partial charge in [0.1, 0.15) is 12.4 Å². The van der Waals surface area contributed by atoms with Crippen molar-refractivity contribution in [3.63, 3.8) is 0 Å². The average molecular weight is 410 g/mol. The Labute approximate surface area is 167 Å². The number of hydrogen-bond donors (Lipinski definition) is 2. The van der Waals surface area contributed by atoms with Gasteiger partial charge in [-0.15, -0.1) is 24.8 Å². The summed E-state index contributed by atoms with van der Waals surface area (Å²) in [4.78, 5) is 14.3. The monoisotopic (exact) mass is 409 g/mol. The number of hydrogen-bond acceptors (Lipinski definition) is 5. The van der Waals surface area contributed by atoms with Gasteiger partial charge in [0, 0.05) is 37.1 Å². The van der Waals surface area contributed by atoms with Crippen LogP contribution in [0.2, 0.25) is 0 Å². The second-order valence-corrected chi connectivity index (χ2v) is 7.28. The number of rotatable bonds is 7. The Hall–Kier alpha value is -0.660. The number of likely N-dealkylation sites (N-methyl/N-ethyl adjacent to an activating group) is 1. The Morgan fingerprint density at radius 1 is 1.40 bits per heavy atom. The first-order valence-corrected chi connectivity index (χ1v) is 9.19. The lowest BCUT2D eigenvalue weighted by Gasteiger charge is -2.23. The molecule has 1 aliphatic heterocycles. The van der Waals surface area contributed by atoms with Gasteiger partial charge in [-0.3, -0.25) is 4.79 Å². The highest BCUT2D eigenvalue weighted by Crippen LogP contribution is 2.26. The molecular formula is C17H29Cl2N3O2S. The lowest BCUT2D eigenvalue weighted by atomic mass is 10.2. The van der Waals surface area contributed by atoms with Gasteiger partial charge in [-0.25, -0.2) is 0 Å². The topological polar surface area (TPSA) is 53.6 Å². The van der Waals surface area contributed by atoms with E-state index < -0.39 is 0 Å². The fraction of sp³-hybridized carbons (Fsp3) is 0.588. The Bertz CT molecular complexity index is 527. The van der Waals surface area contributed by atoms with Gasteiger partial charge in [0.2, 0.25) is 5.91 Å². The van der Waals surface area contributed by atoms with Crippen molar-refractivity contribution in [3.05, 3.63) is 23.8 Å². The molecule has 25 heavy (non-hydrogen) atoms. The minimum absolute atomic E-state index is 0. The molecule has 0 spiro atoms. The van der Waals surface area contributed by atoms with Crippen LogP contribution in [0.5, 0.6) is 5.75 Å². The summed E-state index contributed by atoms with van der Waals surface area (Å²) in [6.45, 7) is 4.43. The Morgan fingerprint density at radius 2 is 2.16 bits per heavy atom. The number of nitrogens with zero attached hydrogens (tertiary/aromatic N) is 1. The van der Waals surface area contributed by atoms with E-state index in [4.69, 9.17) is 4.74 Å². The third-order valence-corrected chi connectivity index (χ3v) is 4.77. The maximum Gasteiger partial charge on any atom is 0.226 e. The van der Waals surface area contributed by atoms with Crippen LogP contribution in [0.15, 0.2) is 18.2 Å². The van der Waals surface area contributed by atoms with E-state index >= 15 is 0 Å². The van der Waals surface area contributed by atoms with E-state index in [1.165, 1.54) is 0 Å². The molecule has 1 amide bonds.